The summed E-state index contributed by atoms with van der Waals surface area (Å²) in [6.07, 6.45) is 2.06. The van der Waals surface area contributed by atoms with Crippen molar-refractivity contribution >= 4 is 29.2 Å². The first kappa shape index (κ1) is 14.7. The molecule has 0 saturated carbocycles. The van der Waals surface area contributed by atoms with E-state index >= 15 is 0 Å². The lowest BCUT2D eigenvalue weighted by atomic mass is 10.00. The minimum absolute atomic E-state index is 0.306. The molecule has 112 valence electrons. The van der Waals surface area contributed by atoms with Gasteiger partial charge in [0.05, 0.1) is 12.2 Å². The zero-order valence-corrected chi connectivity index (χ0v) is 12.9. The van der Waals surface area contributed by atoms with Gasteiger partial charge < -0.3 is 9.47 Å². The number of hydrogen-bond acceptors (Lipinski definition) is 3. The van der Waals surface area contributed by atoms with E-state index in [0.717, 1.165) is 22.4 Å². The molecule has 0 bridgehead atoms. The molecule has 0 unspecified atom stereocenters. The number of halogens is 1. The standard InChI is InChI=1S/C18H15ClO3/c1-2-21-18(20)13-5-3-12(4-6-13)15-9-14-10-16(19)7-8-17(14)22-11-15/h3-10H,2,11H2,1H3. The van der Waals surface area contributed by atoms with E-state index in [9.17, 15) is 4.79 Å². The fourth-order valence-electron chi connectivity index (χ4n) is 2.35. The van der Waals surface area contributed by atoms with Crippen LogP contribution >= 0.6 is 11.6 Å². The van der Waals surface area contributed by atoms with Gasteiger partial charge in [0, 0.05) is 10.6 Å². The number of benzene rings is 2. The van der Waals surface area contributed by atoms with Crippen molar-refractivity contribution in [1.82, 2.24) is 0 Å². The summed E-state index contributed by atoms with van der Waals surface area (Å²) in [6, 6.07) is 12.9. The first-order valence-electron chi connectivity index (χ1n) is 7.08. The van der Waals surface area contributed by atoms with Crippen molar-refractivity contribution in [3.8, 4) is 5.75 Å². The van der Waals surface area contributed by atoms with Crippen LogP contribution in [0.1, 0.15) is 28.4 Å². The fraction of sp³-hybridized carbons (Fsp3) is 0.167. The summed E-state index contributed by atoms with van der Waals surface area (Å²) in [5.74, 6) is 0.524. The van der Waals surface area contributed by atoms with Crippen LogP contribution in [-0.4, -0.2) is 19.2 Å². The van der Waals surface area contributed by atoms with Crippen LogP contribution in [0.25, 0.3) is 11.6 Å². The molecule has 0 amide bonds. The topological polar surface area (TPSA) is 35.5 Å². The highest BCUT2D eigenvalue weighted by molar-refractivity contribution is 6.30. The Morgan fingerprint density at radius 3 is 2.73 bits per heavy atom. The molecular formula is C18H15ClO3. The van der Waals surface area contributed by atoms with E-state index in [1.807, 2.05) is 30.3 Å². The number of hydrogen-bond donors (Lipinski definition) is 0. The normalized spacial score (nSPS) is 12.9. The van der Waals surface area contributed by atoms with Crippen molar-refractivity contribution in [2.24, 2.45) is 0 Å². The molecule has 0 radical (unpaired) electrons. The van der Waals surface area contributed by atoms with Crippen LogP contribution in [0, 0.1) is 0 Å². The zero-order valence-electron chi connectivity index (χ0n) is 12.1. The molecule has 0 N–H and O–H groups in total. The Bertz CT molecular complexity index is 732. The fourth-order valence-corrected chi connectivity index (χ4v) is 2.53. The van der Waals surface area contributed by atoms with Gasteiger partial charge in [-0.3, -0.25) is 0 Å². The highest BCUT2D eigenvalue weighted by Crippen LogP contribution is 2.32. The third kappa shape index (κ3) is 3.00. The van der Waals surface area contributed by atoms with Crippen molar-refractivity contribution in [1.29, 1.82) is 0 Å². The number of fused-ring (bicyclic) bond motifs is 1. The van der Waals surface area contributed by atoms with Crippen LogP contribution in [0.5, 0.6) is 5.75 Å². The van der Waals surface area contributed by atoms with Crippen LogP contribution in [0.3, 0.4) is 0 Å². The smallest absolute Gasteiger partial charge is 0.338 e. The number of carbonyl (C=O) groups is 1. The van der Waals surface area contributed by atoms with E-state index in [1.54, 1.807) is 19.1 Å². The summed E-state index contributed by atoms with van der Waals surface area (Å²) in [7, 11) is 0. The summed E-state index contributed by atoms with van der Waals surface area (Å²) >= 11 is 6.02. The Morgan fingerprint density at radius 2 is 2.00 bits per heavy atom. The Hall–Kier alpha value is -2.26. The second kappa shape index (κ2) is 6.24. The summed E-state index contributed by atoms with van der Waals surface area (Å²) in [5.41, 5.74) is 3.57. The number of carbonyl (C=O) groups excluding carboxylic acids is 1. The molecule has 4 heteroatoms. The summed E-state index contributed by atoms with van der Waals surface area (Å²) in [6.45, 7) is 2.66. The molecule has 2 aromatic rings. The summed E-state index contributed by atoms with van der Waals surface area (Å²) in [4.78, 5) is 11.7. The number of esters is 1. The molecular weight excluding hydrogens is 300 g/mol. The van der Waals surface area contributed by atoms with E-state index in [0.29, 0.717) is 23.8 Å². The van der Waals surface area contributed by atoms with Crippen LogP contribution in [0.4, 0.5) is 0 Å². The van der Waals surface area contributed by atoms with Crippen molar-refractivity contribution in [3.05, 3.63) is 64.2 Å². The van der Waals surface area contributed by atoms with Gasteiger partial charge in [0.15, 0.2) is 0 Å². The van der Waals surface area contributed by atoms with Crippen LogP contribution in [-0.2, 0) is 4.74 Å². The Morgan fingerprint density at radius 1 is 1.23 bits per heavy atom. The summed E-state index contributed by atoms with van der Waals surface area (Å²) < 4.78 is 10.7. The molecule has 0 fully saturated rings. The Kier molecular flexibility index (Phi) is 4.16. The monoisotopic (exact) mass is 314 g/mol. The zero-order chi connectivity index (χ0) is 15.5. The average Bonchev–Trinajstić information content (AvgIpc) is 2.54. The van der Waals surface area contributed by atoms with E-state index in [2.05, 4.69) is 6.08 Å². The quantitative estimate of drug-likeness (QED) is 0.785. The van der Waals surface area contributed by atoms with E-state index in [-0.39, 0.29) is 5.97 Å². The molecule has 0 aliphatic carbocycles. The van der Waals surface area contributed by atoms with E-state index < -0.39 is 0 Å². The molecule has 3 rings (SSSR count). The lowest BCUT2D eigenvalue weighted by Crippen LogP contribution is -2.07. The van der Waals surface area contributed by atoms with Crippen molar-refractivity contribution in [3.63, 3.8) is 0 Å². The Balaban J connectivity index is 1.87. The van der Waals surface area contributed by atoms with Gasteiger partial charge in [-0.15, -0.1) is 0 Å². The second-order valence-electron chi connectivity index (χ2n) is 4.94. The summed E-state index contributed by atoms with van der Waals surface area (Å²) in [5, 5.41) is 0.678. The lowest BCUT2D eigenvalue weighted by Gasteiger charge is -2.18. The van der Waals surface area contributed by atoms with Gasteiger partial charge in [-0.2, -0.15) is 0 Å². The lowest BCUT2D eigenvalue weighted by molar-refractivity contribution is 0.0526. The number of ether oxygens (including phenoxy) is 2. The maximum atomic E-state index is 11.7. The van der Waals surface area contributed by atoms with Gasteiger partial charge in [0.2, 0.25) is 0 Å². The molecule has 0 spiro atoms. The molecule has 3 nitrogen and oxygen atoms in total. The second-order valence-corrected chi connectivity index (χ2v) is 5.37. The minimum atomic E-state index is -0.306. The first-order valence-corrected chi connectivity index (χ1v) is 7.45. The molecule has 1 heterocycles. The van der Waals surface area contributed by atoms with Gasteiger partial charge >= 0.3 is 5.97 Å². The average molecular weight is 315 g/mol. The largest absolute Gasteiger partial charge is 0.488 e. The first-order chi connectivity index (χ1) is 10.7. The van der Waals surface area contributed by atoms with Crippen LogP contribution in [0.15, 0.2) is 42.5 Å². The maximum Gasteiger partial charge on any atom is 0.338 e. The molecule has 0 atom stereocenters. The van der Waals surface area contributed by atoms with E-state index in [4.69, 9.17) is 21.1 Å². The van der Waals surface area contributed by atoms with Gasteiger partial charge in [0.25, 0.3) is 0 Å². The predicted octanol–water partition coefficient (Wildman–Crippen LogP) is 4.45. The molecule has 0 saturated heterocycles. The van der Waals surface area contributed by atoms with Crippen molar-refractivity contribution in [2.45, 2.75) is 6.92 Å². The minimum Gasteiger partial charge on any atom is -0.488 e. The highest BCUT2D eigenvalue weighted by Gasteiger charge is 2.14. The molecule has 22 heavy (non-hydrogen) atoms. The third-order valence-corrected chi connectivity index (χ3v) is 3.69. The molecule has 1 aliphatic rings. The van der Waals surface area contributed by atoms with Crippen LogP contribution < -0.4 is 4.74 Å². The van der Waals surface area contributed by atoms with Gasteiger partial charge in [-0.05, 0) is 54.5 Å². The number of rotatable bonds is 3. The van der Waals surface area contributed by atoms with Gasteiger partial charge in [-0.1, -0.05) is 23.7 Å². The molecule has 2 aromatic carbocycles. The van der Waals surface area contributed by atoms with Crippen molar-refractivity contribution in [2.75, 3.05) is 13.2 Å². The maximum absolute atomic E-state index is 11.7. The van der Waals surface area contributed by atoms with Crippen molar-refractivity contribution < 1.29 is 14.3 Å². The van der Waals surface area contributed by atoms with Gasteiger partial charge in [0.1, 0.15) is 12.4 Å². The Labute approximate surface area is 134 Å². The van der Waals surface area contributed by atoms with Crippen LogP contribution in [0.2, 0.25) is 5.02 Å². The van der Waals surface area contributed by atoms with Gasteiger partial charge in [-0.25, -0.2) is 4.79 Å². The SMILES string of the molecule is CCOC(=O)c1ccc(C2=Cc3cc(Cl)ccc3OC2)cc1. The predicted molar refractivity (Wildman–Crippen MR) is 87.2 cm³/mol. The molecule has 1 aliphatic heterocycles. The van der Waals surface area contributed by atoms with E-state index in [1.165, 1.54) is 0 Å². The third-order valence-electron chi connectivity index (χ3n) is 3.45. The highest BCUT2D eigenvalue weighted by atomic mass is 35.5. The molecule has 0 aromatic heterocycles.